The second-order valence-corrected chi connectivity index (χ2v) is 6.31. The van der Waals surface area contributed by atoms with E-state index in [1.54, 1.807) is 0 Å². The summed E-state index contributed by atoms with van der Waals surface area (Å²) in [6, 6.07) is 0. The standard InChI is InChI=1S/C16H32N4O/c1-3-17-16(19-13-15-5-4-12-21-15)18-8-11-20-9-6-14(2)7-10-20/h14-15H,3-13H2,1-2H3,(H2,17,18,19). The minimum Gasteiger partial charge on any atom is -0.376 e. The van der Waals surface area contributed by atoms with E-state index >= 15 is 0 Å². The average molecular weight is 296 g/mol. The molecule has 0 saturated carbocycles. The molecule has 1 atom stereocenters. The average Bonchev–Trinajstić information content (AvgIpc) is 3.00. The highest BCUT2D eigenvalue weighted by atomic mass is 16.5. The maximum Gasteiger partial charge on any atom is 0.191 e. The normalized spacial score (nSPS) is 25.2. The van der Waals surface area contributed by atoms with Gasteiger partial charge in [0.05, 0.1) is 12.6 Å². The topological polar surface area (TPSA) is 48.9 Å². The highest BCUT2D eigenvalue weighted by molar-refractivity contribution is 5.79. The molecule has 0 aromatic heterocycles. The van der Waals surface area contributed by atoms with E-state index in [4.69, 9.17) is 4.74 Å². The van der Waals surface area contributed by atoms with Crippen molar-refractivity contribution >= 4 is 5.96 Å². The molecule has 0 bridgehead atoms. The van der Waals surface area contributed by atoms with Gasteiger partial charge in [0.25, 0.3) is 0 Å². The molecular weight excluding hydrogens is 264 g/mol. The van der Waals surface area contributed by atoms with Gasteiger partial charge in [0.15, 0.2) is 5.96 Å². The van der Waals surface area contributed by atoms with Gasteiger partial charge in [-0.05, 0) is 51.6 Å². The minimum atomic E-state index is 0.323. The lowest BCUT2D eigenvalue weighted by atomic mass is 9.99. The molecule has 2 fully saturated rings. The van der Waals surface area contributed by atoms with Gasteiger partial charge in [0.2, 0.25) is 0 Å². The SMILES string of the molecule is CCNC(=NCC1CCCO1)NCCN1CCC(C)CC1. The third kappa shape index (κ3) is 6.22. The Morgan fingerprint density at radius 1 is 1.24 bits per heavy atom. The lowest BCUT2D eigenvalue weighted by molar-refractivity contribution is 0.117. The molecule has 0 radical (unpaired) electrons. The minimum absolute atomic E-state index is 0.323. The number of hydrogen-bond acceptors (Lipinski definition) is 3. The summed E-state index contributed by atoms with van der Waals surface area (Å²) in [6.45, 7) is 11.6. The molecule has 21 heavy (non-hydrogen) atoms. The van der Waals surface area contributed by atoms with Gasteiger partial charge in [0, 0.05) is 26.2 Å². The maximum atomic E-state index is 5.62. The monoisotopic (exact) mass is 296 g/mol. The Kier molecular flexibility index (Phi) is 7.30. The van der Waals surface area contributed by atoms with Crippen LogP contribution in [0.25, 0.3) is 0 Å². The molecule has 2 aliphatic rings. The number of ether oxygens (including phenoxy) is 1. The number of rotatable bonds is 6. The van der Waals surface area contributed by atoms with Crippen LogP contribution in [0.15, 0.2) is 4.99 Å². The van der Waals surface area contributed by atoms with Crippen LogP contribution in [0.4, 0.5) is 0 Å². The van der Waals surface area contributed by atoms with Gasteiger partial charge in [-0.1, -0.05) is 6.92 Å². The largest absolute Gasteiger partial charge is 0.376 e. The molecule has 0 spiro atoms. The second kappa shape index (κ2) is 9.26. The molecule has 1 unspecified atom stereocenters. The molecule has 2 saturated heterocycles. The zero-order valence-electron chi connectivity index (χ0n) is 13.7. The number of hydrogen-bond donors (Lipinski definition) is 2. The molecule has 2 heterocycles. The van der Waals surface area contributed by atoms with Crippen LogP contribution in [-0.2, 0) is 4.74 Å². The maximum absolute atomic E-state index is 5.62. The van der Waals surface area contributed by atoms with Crippen molar-refractivity contribution < 1.29 is 4.74 Å². The summed E-state index contributed by atoms with van der Waals surface area (Å²) in [4.78, 5) is 7.19. The first-order valence-corrected chi connectivity index (χ1v) is 8.64. The van der Waals surface area contributed by atoms with Crippen LogP contribution in [0, 0.1) is 5.92 Å². The van der Waals surface area contributed by atoms with Crippen molar-refractivity contribution in [1.29, 1.82) is 0 Å². The zero-order chi connectivity index (χ0) is 14.9. The number of aliphatic imine (C=N–C) groups is 1. The van der Waals surface area contributed by atoms with E-state index in [0.717, 1.165) is 51.1 Å². The molecule has 2 aliphatic heterocycles. The van der Waals surface area contributed by atoms with E-state index in [1.165, 1.54) is 32.4 Å². The van der Waals surface area contributed by atoms with Crippen LogP contribution in [0.2, 0.25) is 0 Å². The molecular formula is C16H32N4O. The highest BCUT2D eigenvalue weighted by Crippen LogP contribution is 2.15. The first-order chi connectivity index (χ1) is 10.3. The lowest BCUT2D eigenvalue weighted by Gasteiger charge is -2.30. The summed E-state index contributed by atoms with van der Waals surface area (Å²) < 4.78 is 5.62. The van der Waals surface area contributed by atoms with Crippen molar-refractivity contribution in [3.8, 4) is 0 Å². The van der Waals surface area contributed by atoms with Crippen molar-refractivity contribution in [1.82, 2.24) is 15.5 Å². The third-order valence-corrected chi connectivity index (χ3v) is 4.42. The first-order valence-electron chi connectivity index (χ1n) is 8.64. The predicted molar refractivity (Wildman–Crippen MR) is 87.8 cm³/mol. The van der Waals surface area contributed by atoms with Gasteiger partial charge in [-0.25, -0.2) is 0 Å². The van der Waals surface area contributed by atoms with Crippen molar-refractivity contribution in [3.05, 3.63) is 0 Å². The van der Waals surface area contributed by atoms with Crippen LogP contribution < -0.4 is 10.6 Å². The summed E-state index contributed by atoms with van der Waals surface area (Å²) in [6.07, 6.45) is 5.33. The van der Waals surface area contributed by atoms with E-state index < -0.39 is 0 Å². The van der Waals surface area contributed by atoms with Gasteiger partial charge in [-0.3, -0.25) is 4.99 Å². The molecule has 0 aliphatic carbocycles. The van der Waals surface area contributed by atoms with Gasteiger partial charge in [-0.15, -0.1) is 0 Å². The molecule has 0 aromatic rings. The van der Waals surface area contributed by atoms with Crippen molar-refractivity contribution in [2.75, 3.05) is 45.9 Å². The summed E-state index contributed by atoms with van der Waals surface area (Å²) in [7, 11) is 0. The van der Waals surface area contributed by atoms with E-state index in [2.05, 4.69) is 34.4 Å². The Bertz CT molecular complexity index is 307. The molecule has 5 nitrogen and oxygen atoms in total. The lowest BCUT2D eigenvalue weighted by Crippen LogP contribution is -2.43. The fourth-order valence-corrected chi connectivity index (χ4v) is 2.94. The predicted octanol–water partition coefficient (Wildman–Crippen LogP) is 1.45. The Morgan fingerprint density at radius 2 is 2.05 bits per heavy atom. The molecule has 2 rings (SSSR count). The van der Waals surface area contributed by atoms with Gasteiger partial charge < -0.3 is 20.3 Å². The van der Waals surface area contributed by atoms with E-state index in [9.17, 15) is 0 Å². The molecule has 122 valence electrons. The smallest absolute Gasteiger partial charge is 0.191 e. The number of likely N-dealkylation sites (tertiary alicyclic amines) is 1. The third-order valence-electron chi connectivity index (χ3n) is 4.42. The van der Waals surface area contributed by atoms with E-state index in [-0.39, 0.29) is 0 Å². The Balaban J connectivity index is 1.65. The van der Waals surface area contributed by atoms with Crippen molar-refractivity contribution in [3.63, 3.8) is 0 Å². The van der Waals surface area contributed by atoms with E-state index in [1.807, 2.05) is 0 Å². The summed E-state index contributed by atoms with van der Waals surface area (Å²) in [5.41, 5.74) is 0. The first kappa shape index (κ1) is 16.6. The Morgan fingerprint density at radius 3 is 2.71 bits per heavy atom. The van der Waals surface area contributed by atoms with Crippen LogP contribution in [0.1, 0.15) is 39.5 Å². The fraction of sp³-hybridized carbons (Fsp3) is 0.938. The number of piperidine rings is 1. The number of nitrogens with one attached hydrogen (secondary N) is 2. The van der Waals surface area contributed by atoms with Gasteiger partial charge in [-0.2, -0.15) is 0 Å². The Labute approximate surface area is 129 Å². The van der Waals surface area contributed by atoms with Crippen LogP contribution >= 0.6 is 0 Å². The van der Waals surface area contributed by atoms with Gasteiger partial charge in [0.1, 0.15) is 0 Å². The molecule has 5 heteroatoms. The van der Waals surface area contributed by atoms with E-state index in [0.29, 0.717) is 6.10 Å². The number of nitrogens with zero attached hydrogens (tertiary/aromatic N) is 2. The Hall–Kier alpha value is -0.810. The highest BCUT2D eigenvalue weighted by Gasteiger charge is 2.16. The van der Waals surface area contributed by atoms with Crippen LogP contribution in [0.3, 0.4) is 0 Å². The molecule has 0 aromatic carbocycles. The van der Waals surface area contributed by atoms with Crippen LogP contribution in [0.5, 0.6) is 0 Å². The van der Waals surface area contributed by atoms with Gasteiger partial charge >= 0.3 is 0 Å². The second-order valence-electron chi connectivity index (χ2n) is 6.31. The molecule has 2 N–H and O–H groups in total. The zero-order valence-corrected chi connectivity index (χ0v) is 13.7. The molecule has 0 amide bonds. The summed E-state index contributed by atoms with van der Waals surface area (Å²) in [5, 5.41) is 6.76. The number of guanidine groups is 1. The quantitative estimate of drug-likeness (QED) is 0.575. The summed E-state index contributed by atoms with van der Waals surface area (Å²) >= 11 is 0. The van der Waals surface area contributed by atoms with Crippen molar-refractivity contribution in [2.24, 2.45) is 10.9 Å². The fourth-order valence-electron chi connectivity index (χ4n) is 2.94. The van der Waals surface area contributed by atoms with Crippen LogP contribution in [-0.4, -0.2) is 62.8 Å². The van der Waals surface area contributed by atoms with Crippen molar-refractivity contribution in [2.45, 2.75) is 45.6 Å². The summed E-state index contributed by atoms with van der Waals surface area (Å²) in [5.74, 6) is 1.83.